The van der Waals surface area contributed by atoms with Gasteiger partial charge in [0.15, 0.2) is 0 Å². The number of aryl methyl sites for hydroxylation is 3. The summed E-state index contributed by atoms with van der Waals surface area (Å²) in [6, 6.07) is 15.3. The summed E-state index contributed by atoms with van der Waals surface area (Å²) in [5, 5.41) is 0. The molecule has 0 amide bonds. The molecule has 6 nitrogen and oxygen atoms in total. The summed E-state index contributed by atoms with van der Waals surface area (Å²) < 4.78 is 36.1. The minimum atomic E-state index is 0.395. The number of ether oxygens (including phenoxy) is 6. The molecule has 0 heterocycles. The third kappa shape index (κ3) is 12.6. The predicted octanol–water partition coefficient (Wildman–Crippen LogP) is 9.74. The molecule has 0 aromatic heterocycles. The Hall–Kier alpha value is -3.42. The Morgan fingerprint density at radius 2 is 0.915 bits per heavy atom. The molecule has 0 saturated carbocycles. The molecule has 6 heteroatoms. The molecule has 0 bridgehead atoms. The highest BCUT2D eigenvalue weighted by Gasteiger charge is 2.18. The van der Waals surface area contributed by atoms with Crippen molar-refractivity contribution in [3.8, 4) is 33.8 Å². The minimum Gasteiger partial charge on any atom is -0.489 e. The third-order valence-electron chi connectivity index (χ3n) is 7.55. The number of benzene rings is 3. The van der Waals surface area contributed by atoms with E-state index in [-0.39, 0.29) is 0 Å². The van der Waals surface area contributed by atoms with Crippen LogP contribution >= 0.6 is 0 Å². The Morgan fingerprint density at radius 3 is 1.32 bits per heavy atom. The van der Waals surface area contributed by atoms with Crippen molar-refractivity contribution >= 4 is 0 Å². The van der Waals surface area contributed by atoms with Crippen LogP contribution in [-0.2, 0) is 32.2 Å². The second-order valence-corrected chi connectivity index (χ2v) is 11.9. The summed E-state index contributed by atoms with van der Waals surface area (Å²) in [4.78, 5) is 0. The highest BCUT2D eigenvalue weighted by molar-refractivity contribution is 5.81. The van der Waals surface area contributed by atoms with Crippen molar-refractivity contribution in [2.75, 3.05) is 52.9 Å². The second kappa shape index (κ2) is 21.5. The van der Waals surface area contributed by atoms with Crippen LogP contribution in [0.1, 0.15) is 67.3 Å². The van der Waals surface area contributed by atoms with Gasteiger partial charge >= 0.3 is 0 Å². The van der Waals surface area contributed by atoms with Crippen LogP contribution in [0.5, 0.6) is 11.5 Å². The van der Waals surface area contributed by atoms with Gasteiger partial charge in [-0.15, -0.1) is 0 Å². The maximum absolute atomic E-state index is 6.33. The highest BCUT2D eigenvalue weighted by Crippen LogP contribution is 2.41. The molecule has 0 atom stereocenters. The molecule has 3 aromatic rings. The summed E-state index contributed by atoms with van der Waals surface area (Å²) in [6.07, 6.45) is 7.91. The van der Waals surface area contributed by atoms with E-state index in [1.807, 2.05) is 0 Å². The zero-order valence-electron chi connectivity index (χ0n) is 29.5. The van der Waals surface area contributed by atoms with Gasteiger partial charge in [-0.3, -0.25) is 0 Å². The second-order valence-electron chi connectivity index (χ2n) is 11.9. The van der Waals surface area contributed by atoms with E-state index in [0.717, 1.165) is 100 Å². The largest absolute Gasteiger partial charge is 0.489 e. The zero-order valence-corrected chi connectivity index (χ0v) is 29.5. The monoisotopic (exact) mass is 644 g/mol. The summed E-state index contributed by atoms with van der Waals surface area (Å²) in [5.74, 6) is 1.61. The van der Waals surface area contributed by atoms with Crippen molar-refractivity contribution in [2.45, 2.75) is 73.5 Å². The van der Waals surface area contributed by atoms with Gasteiger partial charge in [-0.25, -0.2) is 0 Å². The van der Waals surface area contributed by atoms with E-state index >= 15 is 0 Å². The molecule has 0 spiro atoms. The average Bonchev–Trinajstić information content (AvgIpc) is 3.05. The van der Waals surface area contributed by atoms with Gasteiger partial charge in [0, 0.05) is 35.5 Å². The van der Waals surface area contributed by atoms with Crippen LogP contribution in [0.2, 0.25) is 0 Å². The molecule has 0 aliphatic rings. The summed E-state index contributed by atoms with van der Waals surface area (Å²) >= 11 is 0. The Morgan fingerprint density at radius 1 is 0.511 bits per heavy atom. The van der Waals surface area contributed by atoms with E-state index in [2.05, 4.69) is 90.2 Å². The van der Waals surface area contributed by atoms with Crippen LogP contribution in [0.3, 0.4) is 0 Å². The van der Waals surface area contributed by atoms with Crippen molar-refractivity contribution in [1.82, 2.24) is 0 Å². The average molecular weight is 645 g/mol. The number of unbranched alkanes of at least 4 members (excludes halogenated alkanes) is 2. The lowest BCUT2D eigenvalue weighted by molar-refractivity contribution is 0.0390. The third-order valence-corrected chi connectivity index (χ3v) is 7.55. The lowest BCUT2D eigenvalue weighted by Crippen LogP contribution is -2.07. The fourth-order valence-electron chi connectivity index (χ4n) is 5.36. The van der Waals surface area contributed by atoms with Crippen molar-refractivity contribution in [3.05, 3.63) is 95.6 Å². The van der Waals surface area contributed by atoms with Gasteiger partial charge in [-0.05, 0) is 79.6 Å². The summed E-state index contributed by atoms with van der Waals surface area (Å²) in [7, 11) is 0. The molecule has 0 saturated heterocycles. The molecule has 0 aliphatic heterocycles. The molecular weight excluding hydrogens is 588 g/mol. The lowest BCUT2D eigenvalue weighted by atomic mass is 9.92. The van der Waals surface area contributed by atoms with Crippen molar-refractivity contribution in [3.63, 3.8) is 0 Å². The molecule has 256 valence electrons. The molecule has 3 rings (SSSR count). The topological polar surface area (TPSA) is 55.4 Å². The van der Waals surface area contributed by atoms with Crippen LogP contribution in [0, 0.1) is 20.8 Å². The first-order chi connectivity index (χ1) is 22.9. The lowest BCUT2D eigenvalue weighted by Gasteiger charge is -2.20. The van der Waals surface area contributed by atoms with Gasteiger partial charge in [0.2, 0.25) is 0 Å². The van der Waals surface area contributed by atoms with Crippen LogP contribution < -0.4 is 9.47 Å². The molecule has 0 radical (unpaired) electrons. The summed E-state index contributed by atoms with van der Waals surface area (Å²) in [6.45, 7) is 23.8. The van der Waals surface area contributed by atoms with E-state index < -0.39 is 0 Å². The number of hydrogen-bond donors (Lipinski definition) is 0. The van der Waals surface area contributed by atoms with Gasteiger partial charge in [0.25, 0.3) is 0 Å². The van der Waals surface area contributed by atoms with E-state index in [9.17, 15) is 0 Å². The first-order valence-electron chi connectivity index (χ1n) is 17.1. The van der Waals surface area contributed by atoms with E-state index in [4.69, 9.17) is 28.4 Å². The fraction of sp³-hybridized carbons (Fsp3) is 0.463. The van der Waals surface area contributed by atoms with Crippen molar-refractivity contribution in [2.24, 2.45) is 0 Å². The summed E-state index contributed by atoms with van der Waals surface area (Å²) in [5.41, 5.74) is 9.56. The predicted molar refractivity (Wildman–Crippen MR) is 194 cm³/mol. The van der Waals surface area contributed by atoms with Crippen molar-refractivity contribution < 1.29 is 28.4 Å². The van der Waals surface area contributed by atoms with Crippen LogP contribution in [0.25, 0.3) is 22.3 Å². The van der Waals surface area contributed by atoms with E-state index in [0.29, 0.717) is 52.9 Å². The smallest absolute Gasteiger partial charge is 0.133 e. The Kier molecular flexibility index (Phi) is 17.4. The first kappa shape index (κ1) is 38.0. The Balaban J connectivity index is 1.97. The van der Waals surface area contributed by atoms with Gasteiger partial charge in [0.05, 0.1) is 39.6 Å². The zero-order chi connectivity index (χ0) is 33.9. The van der Waals surface area contributed by atoms with E-state index in [1.165, 1.54) is 0 Å². The van der Waals surface area contributed by atoms with Crippen LogP contribution in [0.4, 0.5) is 0 Å². The Bertz CT molecular complexity index is 1290. The molecule has 47 heavy (non-hydrogen) atoms. The SMILES string of the molecule is C=CCOc1c(COCCOCCCC)cc(C)cc1-c1cc(C)cc(-c2cc(C)cc(COCCOCCCC)c2OCC=C)c1. The molecule has 0 fully saturated rings. The molecule has 0 aliphatic carbocycles. The molecular formula is C41H56O6. The van der Waals surface area contributed by atoms with Crippen LogP contribution in [0.15, 0.2) is 67.8 Å². The van der Waals surface area contributed by atoms with Crippen LogP contribution in [-0.4, -0.2) is 52.9 Å². The van der Waals surface area contributed by atoms with Gasteiger partial charge in [-0.2, -0.15) is 0 Å². The van der Waals surface area contributed by atoms with Gasteiger partial charge < -0.3 is 28.4 Å². The minimum absolute atomic E-state index is 0.395. The molecule has 0 unspecified atom stereocenters. The van der Waals surface area contributed by atoms with E-state index in [1.54, 1.807) is 12.2 Å². The molecule has 0 N–H and O–H groups in total. The maximum Gasteiger partial charge on any atom is 0.133 e. The first-order valence-corrected chi connectivity index (χ1v) is 17.1. The van der Waals surface area contributed by atoms with Gasteiger partial charge in [0.1, 0.15) is 24.7 Å². The maximum atomic E-state index is 6.33. The Labute approximate surface area is 283 Å². The normalized spacial score (nSPS) is 11.1. The highest BCUT2D eigenvalue weighted by atomic mass is 16.5. The number of hydrogen-bond acceptors (Lipinski definition) is 6. The van der Waals surface area contributed by atoms with Crippen molar-refractivity contribution in [1.29, 1.82) is 0 Å². The molecule has 3 aromatic carbocycles. The quantitative estimate of drug-likeness (QED) is 0.0715. The fourth-order valence-corrected chi connectivity index (χ4v) is 5.36. The number of rotatable bonds is 24. The van der Waals surface area contributed by atoms with Gasteiger partial charge in [-0.1, -0.05) is 76.3 Å². The standard InChI is InChI=1S/C41H56O6/c1-8-12-16-42-18-20-44-29-36-24-32(6)26-38(40(36)46-14-10-3)34-22-31(5)23-35(28-34)39-27-33(7)25-37(41(39)47-15-11-4)30-45-21-19-43-17-13-9-2/h10-11,22-28H,3-4,8-9,12-21,29-30H2,1-2,5-7H3.